The Balaban J connectivity index is 1.89. The molecule has 0 aromatic heterocycles. The summed E-state index contributed by atoms with van der Waals surface area (Å²) in [5.74, 6) is -0.582. The van der Waals surface area contributed by atoms with Gasteiger partial charge in [-0.05, 0) is 42.7 Å². The second kappa shape index (κ2) is 6.82. The van der Waals surface area contributed by atoms with Crippen molar-refractivity contribution in [3.63, 3.8) is 0 Å². The van der Waals surface area contributed by atoms with Crippen LogP contribution >= 0.6 is 23.2 Å². The lowest BCUT2D eigenvalue weighted by atomic mass is 9.82. The second-order valence-electron chi connectivity index (χ2n) is 7.06. The number of amides is 2. The fourth-order valence-corrected chi connectivity index (χ4v) is 4.74. The van der Waals surface area contributed by atoms with Gasteiger partial charge in [-0.2, -0.15) is 0 Å². The van der Waals surface area contributed by atoms with Crippen LogP contribution < -0.4 is 11.1 Å². The van der Waals surface area contributed by atoms with Gasteiger partial charge in [-0.15, -0.1) is 0 Å². The molecule has 2 aliphatic rings. The van der Waals surface area contributed by atoms with Crippen molar-refractivity contribution >= 4 is 40.7 Å². The van der Waals surface area contributed by atoms with Crippen LogP contribution in [-0.4, -0.2) is 29.3 Å². The van der Waals surface area contributed by atoms with E-state index in [1.165, 1.54) is 0 Å². The number of fused-ring (bicyclic) bond motifs is 1. The summed E-state index contributed by atoms with van der Waals surface area (Å²) in [6.07, 6.45) is 1.84. The third-order valence-corrected chi connectivity index (χ3v) is 5.94. The third-order valence-electron chi connectivity index (χ3n) is 5.47. The van der Waals surface area contributed by atoms with E-state index in [1.54, 1.807) is 18.2 Å². The predicted molar refractivity (Wildman–Crippen MR) is 106 cm³/mol. The third kappa shape index (κ3) is 3.00. The zero-order chi connectivity index (χ0) is 19.2. The largest absolute Gasteiger partial charge is 0.368 e. The van der Waals surface area contributed by atoms with Gasteiger partial charge >= 0.3 is 0 Å². The molecule has 2 aliphatic heterocycles. The number of carbonyl (C=O) groups excluding carboxylic acids is 2. The molecule has 2 atom stereocenters. The number of nitrogens with one attached hydrogen (secondary N) is 1. The van der Waals surface area contributed by atoms with E-state index >= 15 is 0 Å². The first-order valence-electron chi connectivity index (χ1n) is 8.84. The molecule has 3 N–H and O–H groups in total. The molecule has 5 nitrogen and oxygen atoms in total. The van der Waals surface area contributed by atoms with E-state index < -0.39 is 17.5 Å². The zero-order valence-corrected chi connectivity index (χ0v) is 16.1. The minimum Gasteiger partial charge on any atom is -0.368 e. The molecular weight excluding hydrogens is 385 g/mol. The van der Waals surface area contributed by atoms with Gasteiger partial charge in [0.15, 0.2) is 0 Å². The summed E-state index contributed by atoms with van der Waals surface area (Å²) in [6, 6.07) is 12.3. The number of primary amides is 1. The molecule has 1 saturated heterocycles. The van der Waals surface area contributed by atoms with Crippen LogP contribution in [0.25, 0.3) is 0 Å². The first kappa shape index (κ1) is 18.3. The van der Waals surface area contributed by atoms with Gasteiger partial charge in [0.1, 0.15) is 5.54 Å². The highest BCUT2D eigenvalue weighted by Gasteiger charge is 2.55. The normalized spacial score (nSPS) is 24.7. The Morgan fingerprint density at radius 1 is 1.22 bits per heavy atom. The van der Waals surface area contributed by atoms with Crippen LogP contribution in [0.4, 0.5) is 5.69 Å². The number of hydrogen-bond donors (Lipinski definition) is 2. The van der Waals surface area contributed by atoms with Gasteiger partial charge in [0.2, 0.25) is 11.8 Å². The number of carbonyl (C=O) groups is 2. The number of likely N-dealkylation sites (tertiary alicyclic amines) is 1. The van der Waals surface area contributed by atoms with Crippen LogP contribution in [0.3, 0.4) is 0 Å². The van der Waals surface area contributed by atoms with Crippen LogP contribution in [0.5, 0.6) is 0 Å². The first-order chi connectivity index (χ1) is 12.9. The van der Waals surface area contributed by atoms with Crippen LogP contribution in [0.1, 0.15) is 24.0 Å². The quantitative estimate of drug-likeness (QED) is 0.821. The Hall–Kier alpha value is -2.08. The Bertz CT molecular complexity index is 933. The first-order valence-corrected chi connectivity index (χ1v) is 9.59. The Morgan fingerprint density at radius 2 is 2.00 bits per heavy atom. The SMILES string of the molecule is NC(=O)C1CCCN1[C@]1(Cc2cccc(Cl)c2)C(=O)Nc2cc(Cl)ccc21. The molecule has 27 heavy (non-hydrogen) atoms. The van der Waals surface area contributed by atoms with Gasteiger partial charge in [0, 0.05) is 34.3 Å². The van der Waals surface area contributed by atoms with E-state index in [1.807, 2.05) is 29.2 Å². The lowest BCUT2D eigenvalue weighted by Gasteiger charge is -2.40. The van der Waals surface area contributed by atoms with Crippen LogP contribution in [0, 0.1) is 0 Å². The number of benzene rings is 2. The summed E-state index contributed by atoms with van der Waals surface area (Å²) in [5, 5.41) is 4.09. The van der Waals surface area contributed by atoms with Gasteiger partial charge in [-0.3, -0.25) is 14.5 Å². The average Bonchev–Trinajstić information content (AvgIpc) is 3.19. The number of rotatable bonds is 4. The maximum atomic E-state index is 13.3. The highest BCUT2D eigenvalue weighted by atomic mass is 35.5. The fraction of sp³-hybridized carbons (Fsp3) is 0.300. The van der Waals surface area contributed by atoms with E-state index in [0.717, 1.165) is 17.5 Å². The van der Waals surface area contributed by atoms with Crippen molar-refractivity contribution in [2.24, 2.45) is 5.73 Å². The Morgan fingerprint density at radius 3 is 2.74 bits per heavy atom. The summed E-state index contributed by atoms with van der Waals surface area (Å²) in [7, 11) is 0. The Kier molecular flexibility index (Phi) is 4.62. The maximum Gasteiger partial charge on any atom is 0.249 e. The molecule has 0 aliphatic carbocycles. The van der Waals surface area contributed by atoms with Gasteiger partial charge in [0.05, 0.1) is 6.04 Å². The smallest absolute Gasteiger partial charge is 0.249 e. The number of anilines is 1. The molecule has 1 fully saturated rings. The molecule has 2 heterocycles. The molecule has 2 aromatic carbocycles. The summed E-state index contributed by atoms with van der Waals surface area (Å²) in [6.45, 7) is 0.615. The van der Waals surface area contributed by atoms with Crippen LogP contribution in [0.2, 0.25) is 10.0 Å². The van der Waals surface area contributed by atoms with Crippen molar-refractivity contribution in [1.82, 2.24) is 4.90 Å². The topological polar surface area (TPSA) is 75.4 Å². The number of nitrogens with zero attached hydrogens (tertiary/aromatic N) is 1. The highest BCUT2D eigenvalue weighted by molar-refractivity contribution is 6.31. The molecule has 2 amide bonds. The molecule has 0 bridgehead atoms. The van der Waals surface area contributed by atoms with Crippen molar-refractivity contribution in [3.05, 3.63) is 63.6 Å². The van der Waals surface area contributed by atoms with Gasteiger partial charge < -0.3 is 11.1 Å². The van der Waals surface area contributed by atoms with Gasteiger partial charge in [0.25, 0.3) is 0 Å². The summed E-state index contributed by atoms with van der Waals surface area (Å²) in [4.78, 5) is 27.4. The fourth-order valence-electron chi connectivity index (χ4n) is 4.35. The van der Waals surface area contributed by atoms with Crippen LogP contribution in [0.15, 0.2) is 42.5 Å². The number of hydrogen-bond acceptors (Lipinski definition) is 3. The van der Waals surface area contributed by atoms with Crippen molar-refractivity contribution in [2.75, 3.05) is 11.9 Å². The van der Waals surface area contributed by atoms with Gasteiger partial charge in [-0.25, -0.2) is 0 Å². The maximum absolute atomic E-state index is 13.3. The van der Waals surface area contributed by atoms with Crippen molar-refractivity contribution in [2.45, 2.75) is 30.8 Å². The molecule has 2 aromatic rings. The molecule has 0 radical (unpaired) electrons. The molecule has 4 rings (SSSR count). The predicted octanol–water partition coefficient (Wildman–Crippen LogP) is 3.33. The summed E-state index contributed by atoms with van der Waals surface area (Å²) < 4.78 is 0. The Labute approximate surface area is 167 Å². The van der Waals surface area contributed by atoms with Crippen molar-refractivity contribution in [3.8, 4) is 0 Å². The van der Waals surface area contributed by atoms with E-state index in [9.17, 15) is 9.59 Å². The summed E-state index contributed by atoms with van der Waals surface area (Å²) in [5.41, 5.74) is 7.03. The minimum absolute atomic E-state index is 0.173. The molecule has 1 unspecified atom stereocenters. The zero-order valence-electron chi connectivity index (χ0n) is 14.5. The molecular formula is C20H19Cl2N3O2. The van der Waals surface area contributed by atoms with Crippen molar-refractivity contribution in [1.29, 1.82) is 0 Å². The monoisotopic (exact) mass is 403 g/mol. The lowest BCUT2D eigenvalue weighted by molar-refractivity contribution is -0.133. The van der Waals surface area contributed by atoms with Crippen LogP contribution in [-0.2, 0) is 21.5 Å². The van der Waals surface area contributed by atoms with Crippen molar-refractivity contribution < 1.29 is 9.59 Å². The average molecular weight is 404 g/mol. The highest BCUT2D eigenvalue weighted by Crippen LogP contribution is 2.46. The number of nitrogens with two attached hydrogens (primary N) is 1. The lowest BCUT2D eigenvalue weighted by Crippen LogP contribution is -2.57. The minimum atomic E-state index is -1.03. The van der Waals surface area contributed by atoms with E-state index in [-0.39, 0.29) is 5.91 Å². The second-order valence-corrected chi connectivity index (χ2v) is 7.94. The standard InChI is InChI=1S/C20H19Cl2N3O2/c21-13-4-1-3-12(9-13)11-20(25-8-2-5-17(25)18(23)26)15-7-6-14(22)10-16(15)24-19(20)27/h1,3-4,6-7,9-10,17H,2,5,8,11H2,(H2,23,26)(H,24,27)/t17?,20-/m0/s1. The summed E-state index contributed by atoms with van der Waals surface area (Å²) >= 11 is 12.3. The number of halogens is 2. The van der Waals surface area contributed by atoms with E-state index in [4.69, 9.17) is 28.9 Å². The molecule has 7 heteroatoms. The molecule has 0 saturated carbocycles. The van der Waals surface area contributed by atoms with Gasteiger partial charge in [-0.1, -0.05) is 41.4 Å². The molecule has 140 valence electrons. The van der Waals surface area contributed by atoms with E-state index in [2.05, 4.69) is 5.32 Å². The molecule has 0 spiro atoms. The van der Waals surface area contributed by atoms with E-state index in [0.29, 0.717) is 35.1 Å².